The van der Waals surface area contributed by atoms with Gasteiger partial charge in [0, 0.05) is 38.1 Å². The molecule has 1 saturated heterocycles. The summed E-state index contributed by atoms with van der Waals surface area (Å²) < 4.78 is 22.5. The number of carbonyl (C=O) groups is 2. The Hall–Kier alpha value is -2.98. The van der Waals surface area contributed by atoms with Gasteiger partial charge in [-0.15, -0.1) is 0 Å². The number of anilines is 2. The van der Waals surface area contributed by atoms with Gasteiger partial charge in [0.1, 0.15) is 5.82 Å². The number of aromatic nitrogens is 1. The highest BCUT2D eigenvalue weighted by atomic mass is 32.2. The fourth-order valence-electron chi connectivity index (χ4n) is 2.74. The smallest absolute Gasteiger partial charge is 0.313 e. The molecule has 3 N–H and O–H groups in total. The molecule has 27 heavy (non-hydrogen) atoms. The number of rotatable bonds is 3. The number of piperazine rings is 1. The summed E-state index contributed by atoms with van der Waals surface area (Å²) in [5.74, 6) is -0.570. The predicted molar refractivity (Wildman–Crippen MR) is 99.5 cm³/mol. The fourth-order valence-corrected chi connectivity index (χ4v) is 3.25. The van der Waals surface area contributed by atoms with E-state index in [0.717, 1.165) is 5.82 Å². The van der Waals surface area contributed by atoms with Crippen LogP contribution in [-0.2, 0) is 19.6 Å². The largest absolute Gasteiger partial charge is 0.353 e. The lowest BCUT2D eigenvalue weighted by molar-refractivity contribution is -0.143. The van der Waals surface area contributed by atoms with Crippen molar-refractivity contribution in [2.45, 2.75) is 4.90 Å². The Kier molecular flexibility index (Phi) is 5.38. The normalized spacial score (nSPS) is 14.7. The lowest BCUT2D eigenvalue weighted by atomic mass is 10.2. The van der Waals surface area contributed by atoms with Crippen molar-refractivity contribution >= 4 is 33.3 Å². The minimum absolute atomic E-state index is 0.0718. The first-order valence-electron chi connectivity index (χ1n) is 8.24. The SMILES string of the molecule is NS(=O)(=O)c1ccc(NC(=O)C(=O)N2CCN(c3ccccn3)CC2)cc1. The maximum Gasteiger partial charge on any atom is 0.313 e. The van der Waals surface area contributed by atoms with Gasteiger partial charge in [0.15, 0.2) is 0 Å². The number of primary sulfonamides is 1. The number of carbonyl (C=O) groups excluding carboxylic acids is 2. The first-order chi connectivity index (χ1) is 12.8. The third kappa shape index (κ3) is 4.60. The summed E-state index contributed by atoms with van der Waals surface area (Å²) in [5.41, 5.74) is 0.313. The Balaban J connectivity index is 1.56. The molecule has 0 bridgehead atoms. The lowest BCUT2D eigenvalue weighted by Crippen LogP contribution is -2.51. The van der Waals surface area contributed by atoms with Gasteiger partial charge >= 0.3 is 11.8 Å². The Labute approximate surface area is 156 Å². The number of amides is 2. The number of pyridine rings is 1. The number of hydrogen-bond donors (Lipinski definition) is 2. The molecule has 3 rings (SSSR count). The van der Waals surface area contributed by atoms with Crippen LogP contribution >= 0.6 is 0 Å². The summed E-state index contributed by atoms with van der Waals surface area (Å²) >= 11 is 0. The van der Waals surface area contributed by atoms with Gasteiger partial charge in [-0.3, -0.25) is 9.59 Å². The molecule has 0 atom stereocenters. The third-order valence-corrected chi connectivity index (χ3v) is 5.10. The highest BCUT2D eigenvalue weighted by Gasteiger charge is 2.26. The van der Waals surface area contributed by atoms with Crippen molar-refractivity contribution in [1.29, 1.82) is 0 Å². The molecular weight excluding hydrogens is 370 g/mol. The number of hydrogen-bond acceptors (Lipinski definition) is 6. The number of nitrogens with zero attached hydrogens (tertiary/aromatic N) is 3. The summed E-state index contributed by atoms with van der Waals surface area (Å²) in [6, 6.07) is 10.9. The van der Waals surface area contributed by atoms with Crippen LogP contribution < -0.4 is 15.4 Å². The first-order valence-corrected chi connectivity index (χ1v) is 9.78. The Morgan fingerprint density at radius 1 is 1.00 bits per heavy atom. The van der Waals surface area contributed by atoms with E-state index < -0.39 is 21.8 Å². The summed E-state index contributed by atoms with van der Waals surface area (Å²) in [6.07, 6.45) is 1.71. The summed E-state index contributed by atoms with van der Waals surface area (Å²) in [4.78, 5) is 32.2. The van der Waals surface area contributed by atoms with E-state index in [1.165, 1.54) is 29.2 Å². The van der Waals surface area contributed by atoms with E-state index in [-0.39, 0.29) is 4.90 Å². The molecule has 0 aliphatic carbocycles. The van der Waals surface area contributed by atoms with Gasteiger partial charge in [0.25, 0.3) is 0 Å². The van der Waals surface area contributed by atoms with Crippen LogP contribution in [0.4, 0.5) is 11.5 Å². The minimum Gasteiger partial charge on any atom is -0.353 e. The van der Waals surface area contributed by atoms with Crippen LogP contribution in [0.2, 0.25) is 0 Å². The molecule has 1 aliphatic heterocycles. The third-order valence-electron chi connectivity index (χ3n) is 4.18. The van der Waals surface area contributed by atoms with E-state index in [4.69, 9.17) is 5.14 Å². The second kappa shape index (κ2) is 7.72. The zero-order valence-corrected chi connectivity index (χ0v) is 15.2. The van der Waals surface area contributed by atoms with Gasteiger partial charge in [-0.1, -0.05) is 6.07 Å². The topological polar surface area (TPSA) is 126 Å². The summed E-state index contributed by atoms with van der Waals surface area (Å²) in [6.45, 7) is 1.98. The number of sulfonamides is 1. The van der Waals surface area contributed by atoms with E-state index in [1.54, 1.807) is 6.20 Å². The first kappa shape index (κ1) is 18.8. The Morgan fingerprint density at radius 3 is 2.22 bits per heavy atom. The summed E-state index contributed by atoms with van der Waals surface area (Å²) in [7, 11) is -3.81. The zero-order valence-electron chi connectivity index (χ0n) is 14.4. The molecule has 0 spiro atoms. The summed E-state index contributed by atoms with van der Waals surface area (Å²) in [5, 5.41) is 7.49. The van der Waals surface area contributed by atoms with Crippen molar-refractivity contribution in [2.75, 3.05) is 36.4 Å². The van der Waals surface area contributed by atoms with Gasteiger partial charge in [-0.05, 0) is 36.4 Å². The second-order valence-electron chi connectivity index (χ2n) is 5.99. The Morgan fingerprint density at radius 2 is 1.67 bits per heavy atom. The van der Waals surface area contributed by atoms with Crippen LogP contribution in [0.25, 0.3) is 0 Å². The molecule has 10 heteroatoms. The molecule has 1 aliphatic rings. The van der Waals surface area contributed by atoms with Crippen molar-refractivity contribution in [3.05, 3.63) is 48.7 Å². The monoisotopic (exact) mass is 389 g/mol. The number of nitrogens with one attached hydrogen (secondary N) is 1. The molecular formula is C17H19N5O4S. The maximum absolute atomic E-state index is 12.3. The van der Waals surface area contributed by atoms with Crippen molar-refractivity contribution < 1.29 is 18.0 Å². The molecule has 1 aromatic heterocycles. The number of benzene rings is 1. The van der Waals surface area contributed by atoms with Crippen LogP contribution in [0, 0.1) is 0 Å². The molecule has 2 amide bonds. The second-order valence-corrected chi connectivity index (χ2v) is 7.55. The fraction of sp³-hybridized carbons (Fsp3) is 0.235. The molecule has 9 nitrogen and oxygen atoms in total. The standard InChI is InChI=1S/C17H19N5O4S/c18-27(25,26)14-6-4-13(5-7-14)20-16(23)17(24)22-11-9-21(10-12-22)15-3-1-2-8-19-15/h1-8H,9-12H2,(H,20,23)(H2,18,25,26). The van der Waals surface area contributed by atoms with Gasteiger partial charge in [-0.2, -0.15) is 0 Å². The quantitative estimate of drug-likeness (QED) is 0.713. The molecule has 142 valence electrons. The number of nitrogens with two attached hydrogens (primary N) is 1. The van der Waals surface area contributed by atoms with Crippen LogP contribution in [0.3, 0.4) is 0 Å². The van der Waals surface area contributed by atoms with Crippen LogP contribution in [0.15, 0.2) is 53.6 Å². The molecule has 1 fully saturated rings. The highest BCUT2D eigenvalue weighted by molar-refractivity contribution is 7.89. The van der Waals surface area contributed by atoms with Crippen molar-refractivity contribution in [1.82, 2.24) is 9.88 Å². The van der Waals surface area contributed by atoms with Gasteiger partial charge in [0.05, 0.1) is 4.90 Å². The zero-order chi connectivity index (χ0) is 19.4. The van der Waals surface area contributed by atoms with Crippen molar-refractivity contribution in [3.8, 4) is 0 Å². The minimum atomic E-state index is -3.81. The van der Waals surface area contributed by atoms with E-state index in [1.807, 2.05) is 23.1 Å². The molecule has 1 aromatic carbocycles. The maximum atomic E-state index is 12.3. The molecule has 0 saturated carbocycles. The van der Waals surface area contributed by atoms with Crippen LogP contribution in [0.5, 0.6) is 0 Å². The van der Waals surface area contributed by atoms with Gasteiger partial charge in [0.2, 0.25) is 10.0 Å². The molecule has 2 aromatic rings. The highest BCUT2D eigenvalue weighted by Crippen LogP contribution is 2.15. The van der Waals surface area contributed by atoms with Crippen molar-refractivity contribution in [2.24, 2.45) is 5.14 Å². The average Bonchev–Trinajstić information content (AvgIpc) is 2.68. The molecule has 0 unspecified atom stereocenters. The van der Waals surface area contributed by atoms with Crippen LogP contribution in [0.1, 0.15) is 0 Å². The lowest BCUT2D eigenvalue weighted by Gasteiger charge is -2.34. The Bertz CT molecular complexity index is 924. The van der Waals surface area contributed by atoms with Crippen molar-refractivity contribution in [3.63, 3.8) is 0 Å². The van der Waals surface area contributed by atoms with E-state index in [2.05, 4.69) is 10.3 Å². The molecule has 2 heterocycles. The van der Waals surface area contributed by atoms with E-state index in [0.29, 0.717) is 31.9 Å². The van der Waals surface area contributed by atoms with E-state index >= 15 is 0 Å². The average molecular weight is 389 g/mol. The van der Waals surface area contributed by atoms with Gasteiger partial charge in [-0.25, -0.2) is 18.5 Å². The van der Waals surface area contributed by atoms with Crippen LogP contribution in [-0.4, -0.2) is 56.3 Å². The molecule has 0 radical (unpaired) electrons. The van der Waals surface area contributed by atoms with E-state index in [9.17, 15) is 18.0 Å². The van der Waals surface area contributed by atoms with Gasteiger partial charge < -0.3 is 15.1 Å². The predicted octanol–water partition coefficient (Wildman–Crippen LogP) is 0.0163.